The van der Waals surface area contributed by atoms with E-state index in [2.05, 4.69) is 20.3 Å². The SMILES string of the molecule is Cc1nc(N[C@H](C)c2cccc(C(F)(F)F)c2C)c2cc(N3CCCOC3)ncc2n1. The van der Waals surface area contributed by atoms with Gasteiger partial charge in [0.25, 0.3) is 0 Å². The Morgan fingerprint density at radius 1 is 1.19 bits per heavy atom. The smallest absolute Gasteiger partial charge is 0.363 e. The Bertz CT molecular complexity index is 1100. The summed E-state index contributed by atoms with van der Waals surface area (Å²) in [4.78, 5) is 15.5. The van der Waals surface area contributed by atoms with Crippen molar-refractivity contribution in [3.05, 3.63) is 53.0 Å². The Hall–Kier alpha value is -2.94. The van der Waals surface area contributed by atoms with Gasteiger partial charge in [0.2, 0.25) is 0 Å². The molecule has 0 aliphatic carbocycles. The highest BCUT2D eigenvalue weighted by Gasteiger charge is 2.33. The lowest BCUT2D eigenvalue weighted by molar-refractivity contribution is -0.138. The fourth-order valence-corrected chi connectivity index (χ4v) is 3.91. The van der Waals surface area contributed by atoms with Gasteiger partial charge in [-0.05, 0) is 50.5 Å². The molecule has 6 nitrogen and oxygen atoms in total. The van der Waals surface area contributed by atoms with Crippen LogP contribution in [0.1, 0.15) is 41.9 Å². The van der Waals surface area contributed by atoms with Crippen LogP contribution in [0, 0.1) is 13.8 Å². The maximum absolute atomic E-state index is 13.3. The molecule has 1 aliphatic heterocycles. The molecule has 1 N–H and O–H groups in total. The number of nitrogens with zero attached hydrogens (tertiary/aromatic N) is 4. The number of alkyl halides is 3. The number of hydrogen-bond acceptors (Lipinski definition) is 6. The molecule has 31 heavy (non-hydrogen) atoms. The molecule has 3 aromatic rings. The third-order valence-corrected chi connectivity index (χ3v) is 5.47. The van der Waals surface area contributed by atoms with Crippen molar-refractivity contribution in [2.24, 2.45) is 0 Å². The van der Waals surface area contributed by atoms with Crippen LogP contribution >= 0.6 is 0 Å². The Morgan fingerprint density at radius 2 is 2.00 bits per heavy atom. The number of rotatable bonds is 4. The van der Waals surface area contributed by atoms with Gasteiger partial charge < -0.3 is 15.0 Å². The van der Waals surface area contributed by atoms with Crippen molar-refractivity contribution in [3.63, 3.8) is 0 Å². The predicted octanol–water partition coefficient (Wildman–Crippen LogP) is 5.02. The molecule has 0 amide bonds. The van der Waals surface area contributed by atoms with E-state index in [1.165, 1.54) is 13.0 Å². The molecule has 4 rings (SSSR count). The first-order valence-corrected chi connectivity index (χ1v) is 10.1. The summed E-state index contributed by atoms with van der Waals surface area (Å²) in [6.07, 6.45) is -1.78. The molecule has 0 saturated carbocycles. The van der Waals surface area contributed by atoms with Crippen molar-refractivity contribution in [2.45, 2.75) is 39.4 Å². The maximum atomic E-state index is 13.3. The van der Waals surface area contributed by atoms with Crippen molar-refractivity contribution < 1.29 is 17.9 Å². The number of halogens is 3. The van der Waals surface area contributed by atoms with Gasteiger partial charge in [0, 0.05) is 11.9 Å². The highest BCUT2D eigenvalue weighted by Crippen LogP contribution is 2.35. The molecule has 1 fully saturated rings. The van der Waals surface area contributed by atoms with Crippen molar-refractivity contribution in [2.75, 3.05) is 30.1 Å². The molecule has 1 aromatic carbocycles. The summed E-state index contributed by atoms with van der Waals surface area (Å²) >= 11 is 0. The Labute approximate surface area is 178 Å². The quantitative estimate of drug-likeness (QED) is 0.626. The van der Waals surface area contributed by atoms with Crippen LogP contribution in [0.2, 0.25) is 0 Å². The highest BCUT2D eigenvalue weighted by atomic mass is 19.4. The normalized spacial score (nSPS) is 15.9. The predicted molar refractivity (Wildman–Crippen MR) is 113 cm³/mol. The second kappa shape index (κ2) is 8.30. The van der Waals surface area contributed by atoms with Crippen LogP contribution in [0.5, 0.6) is 0 Å². The van der Waals surface area contributed by atoms with E-state index in [0.717, 1.165) is 36.8 Å². The third kappa shape index (κ3) is 4.41. The summed E-state index contributed by atoms with van der Waals surface area (Å²) in [5.74, 6) is 1.87. The fraction of sp³-hybridized carbons (Fsp3) is 0.409. The molecular formula is C22H24F3N5O. The Balaban J connectivity index is 1.70. The molecule has 0 spiro atoms. The highest BCUT2D eigenvalue weighted by molar-refractivity contribution is 5.90. The minimum Gasteiger partial charge on any atom is -0.363 e. The number of nitrogens with one attached hydrogen (secondary N) is 1. The van der Waals surface area contributed by atoms with E-state index in [9.17, 15) is 13.2 Å². The maximum Gasteiger partial charge on any atom is 0.416 e. The van der Waals surface area contributed by atoms with Gasteiger partial charge in [-0.1, -0.05) is 12.1 Å². The average Bonchev–Trinajstić information content (AvgIpc) is 2.73. The first-order chi connectivity index (χ1) is 14.7. The fourth-order valence-electron chi connectivity index (χ4n) is 3.91. The summed E-state index contributed by atoms with van der Waals surface area (Å²) in [7, 11) is 0. The Kier molecular flexibility index (Phi) is 5.70. The summed E-state index contributed by atoms with van der Waals surface area (Å²) in [5.41, 5.74) is 0.819. The molecule has 1 atom stereocenters. The van der Waals surface area contributed by atoms with E-state index >= 15 is 0 Å². The van der Waals surface area contributed by atoms with Crippen molar-refractivity contribution in [3.8, 4) is 0 Å². The van der Waals surface area contributed by atoms with Gasteiger partial charge in [-0.15, -0.1) is 0 Å². The van der Waals surface area contributed by atoms with Crippen LogP contribution in [-0.4, -0.2) is 34.8 Å². The lowest BCUT2D eigenvalue weighted by atomic mass is 9.97. The largest absolute Gasteiger partial charge is 0.416 e. The first kappa shape index (κ1) is 21.3. The second-order valence-corrected chi connectivity index (χ2v) is 7.72. The lowest BCUT2D eigenvalue weighted by Gasteiger charge is -2.28. The van der Waals surface area contributed by atoms with E-state index < -0.39 is 17.8 Å². The van der Waals surface area contributed by atoms with Crippen LogP contribution in [0.25, 0.3) is 10.9 Å². The molecule has 2 aromatic heterocycles. The van der Waals surface area contributed by atoms with Crippen LogP contribution < -0.4 is 10.2 Å². The summed E-state index contributed by atoms with van der Waals surface area (Å²) in [6, 6.07) is 5.75. The minimum absolute atomic E-state index is 0.206. The third-order valence-electron chi connectivity index (χ3n) is 5.47. The zero-order chi connectivity index (χ0) is 22.2. The number of fused-ring (bicyclic) bond motifs is 1. The molecule has 0 radical (unpaired) electrons. The topological polar surface area (TPSA) is 63.2 Å². The molecule has 1 aliphatic rings. The molecule has 9 heteroatoms. The van der Waals surface area contributed by atoms with Gasteiger partial charge in [0.05, 0.1) is 29.9 Å². The zero-order valence-corrected chi connectivity index (χ0v) is 17.6. The summed E-state index contributed by atoms with van der Waals surface area (Å²) < 4.78 is 45.5. The molecule has 0 bridgehead atoms. The number of pyridine rings is 1. The van der Waals surface area contributed by atoms with Crippen LogP contribution in [0.15, 0.2) is 30.5 Å². The summed E-state index contributed by atoms with van der Waals surface area (Å²) in [6.45, 7) is 7.14. The van der Waals surface area contributed by atoms with Crippen molar-refractivity contribution >= 4 is 22.5 Å². The molecule has 3 heterocycles. The number of aromatic nitrogens is 3. The van der Waals surface area contributed by atoms with Gasteiger partial charge in [-0.25, -0.2) is 15.0 Å². The van der Waals surface area contributed by atoms with E-state index in [4.69, 9.17) is 4.74 Å². The molecule has 164 valence electrons. The molecular weight excluding hydrogens is 407 g/mol. The van der Waals surface area contributed by atoms with Crippen LogP contribution in [0.3, 0.4) is 0 Å². The number of aryl methyl sites for hydroxylation is 1. The minimum atomic E-state index is -4.39. The standard InChI is InChI=1S/C22H24F3N5O/c1-13-16(6-4-7-18(13)22(23,24)25)14(2)27-21-17-10-20(30-8-5-9-31-12-30)26-11-19(17)28-15(3)29-21/h4,6-7,10-11,14H,5,8-9,12H2,1-3H3,(H,27,28,29)/t14-/m1/s1. The van der Waals surface area contributed by atoms with Crippen molar-refractivity contribution in [1.29, 1.82) is 0 Å². The van der Waals surface area contributed by atoms with Gasteiger partial charge in [-0.3, -0.25) is 0 Å². The van der Waals surface area contributed by atoms with Crippen LogP contribution in [-0.2, 0) is 10.9 Å². The van der Waals surface area contributed by atoms with Gasteiger partial charge in [-0.2, -0.15) is 13.2 Å². The van der Waals surface area contributed by atoms with Gasteiger partial charge >= 0.3 is 6.18 Å². The summed E-state index contributed by atoms with van der Waals surface area (Å²) in [5, 5.41) is 4.06. The van der Waals surface area contributed by atoms with E-state index in [1.54, 1.807) is 19.2 Å². The van der Waals surface area contributed by atoms with Crippen molar-refractivity contribution in [1.82, 2.24) is 15.0 Å². The number of anilines is 2. The molecule has 1 saturated heterocycles. The van der Waals surface area contributed by atoms with E-state index in [1.807, 2.05) is 17.9 Å². The first-order valence-electron chi connectivity index (χ1n) is 10.1. The zero-order valence-electron chi connectivity index (χ0n) is 17.6. The Morgan fingerprint density at radius 3 is 2.71 bits per heavy atom. The number of hydrogen-bond donors (Lipinski definition) is 1. The number of ether oxygens (including phenoxy) is 1. The number of benzene rings is 1. The van der Waals surface area contributed by atoms with Gasteiger partial charge in [0.1, 0.15) is 24.2 Å². The van der Waals surface area contributed by atoms with Crippen LogP contribution in [0.4, 0.5) is 24.8 Å². The monoisotopic (exact) mass is 431 g/mol. The molecule has 0 unspecified atom stereocenters. The van der Waals surface area contributed by atoms with Gasteiger partial charge in [0.15, 0.2) is 0 Å². The average molecular weight is 431 g/mol. The van der Waals surface area contributed by atoms with E-state index in [0.29, 0.717) is 29.5 Å². The lowest BCUT2D eigenvalue weighted by Crippen LogP contribution is -2.33. The van der Waals surface area contributed by atoms with E-state index in [-0.39, 0.29) is 5.56 Å². The second-order valence-electron chi connectivity index (χ2n) is 7.72.